The van der Waals surface area contributed by atoms with Crippen LogP contribution in [0.2, 0.25) is 0 Å². The van der Waals surface area contributed by atoms with Crippen molar-refractivity contribution in [1.29, 1.82) is 0 Å². The van der Waals surface area contributed by atoms with Gasteiger partial charge in [-0.1, -0.05) is 19.8 Å². The number of nitrogens with zero attached hydrogens (tertiary/aromatic N) is 1. The van der Waals surface area contributed by atoms with Crippen LogP contribution in [0.1, 0.15) is 45.4 Å². The minimum absolute atomic E-state index is 0.955. The van der Waals surface area contributed by atoms with Crippen LogP contribution in [-0.4, -0.2) is 24.0 Å². The molecule has 2 unspecified atom stereocenters. The van der Waals surface area contributed by atoms with E-state index in [1.807, 2.05) is 0 Å². The van der Waals surface area contributed by atoms with Crippen LogP contribution in [0.4, 0.5) is 0 Å². The van der Waals surface area contributed by atoms with Crippen molar-refractivity contribution in [3.8, 4) is 0 Å². The Hall–Kier alpha value is -0.0400. The lowest BCUT2D eigenvalue weighted by Gasteiger charge is -2.37. The van der Waals surface area contributed by atoms with Crippen molar-refractivity contribution >= 4 is 0 Å². The summed E-state index contributed by atoms with van der Waals surface area (Å²) >= 11 is 0. The molecule has 2 aliphatic rings. The van der Waals surface area contributed by atoms with Crippen LogP contribution in [0.5, 0.6) is 0 Å². The highest BCUT2D eigenvalue weighted by Crippen LogP contribution is 2.28. The first-order valence-corrected chi connectivity index (χ1v) is 5.60. The quantitative estimate of drug-likeness (QED) is 0.536. The molecule has 0 bridgehead atoms. The SMILES string of the molecule is CC1CCN2CCCCCC2C1. The first-order chi connectivity index (χ1) is 5.86. The Kier molecular flexibility index (Phi) is 2.69. The van der Waals surface area contributed by atoms with Crippen molar-refractivity contribution in [3.05, 3.63) is 0 Å². The molecule has 2 rings (SSSR count). The van der Waals surface area contributed by atoms with Crippen LogP contribution in [0.3, 0.4) is 0 Å². The molecule has 0 aromatic carbocycles. The normalized spacial score (nSPS) is 38.8. The van der Waals surface area contributed by atoms with Gasteiger partial charge in [0.25, 0.3) is 0 Å². The van der Waals surface area contributed by atoms with E-state index in [1.54, 1.807) is 0 Å². The predicted octanol–water partition coefficient (Wildman–Crippen LogP) is 2.66. The van der Waals surface area contributed by atoms with Crippen LogP contribution in [0, 0.1) is 5.92 Å². The molecule has 2 atom stereocenters. The predicted molar refractivity (Wildman–Crippen MR) is 52.2 cm³/mol. The zero-order valence-corrected chi connectivity index (χ0v) is 8.26. The standard InChI is InChI=1S/C11H21N/c1-10-6-8-12-7-4-2-3-5-11(12)9-10/h10-11H,2-9H2,1H3. The Morgan fingerprint density at radius 3 is 2.83 bits per heavy atom. The number of fused-ring (bicyclic) bond motifs is 1. The van der Waals surface area contributed by atoms with Crippen LogP contribution < -0.4 is 0 Å². The molecular weight excluding hydrogens is 146 g/mol. The molecule has 0 spiro atoms. The molecule has 12 heavy (non-hydrogen) atoms. The average molecular weight is 167 g/mol. The highest BCUT2D eigenvalue weighted by Gasteiger charge is 2.26. The molecule has 2 heterocycles. The van der Waals surface area contributed by atoms with Crippen LogP contribution >= 0.6 is 0 Å². The minimum atomic E-state index is 0.955. The molecule has 2 aliphatic heterocycles. The summed E-state index contributed by atoms with van der Waals surface area (Å²) in [5.74, 6) is 0.990. The van der Waals surface area contributed by atoms with E-state index in [4.69, 9.17) is 0 Å². The maximum Gasteiger partial charge on any atom is 0.00978 e. The second-order valence-electron chi connectivity index (χ2n) is 4.67. The Labute approximate surface area is 76.1 Å². The van der Waals surface area contributed by atoms with E-state index in [0.29, 0.717) is 0 Å². The first kappa shape index (κ1) is 8.55. The summed E-state index contributed by atoms with van der Waals surface area (Å²) in [6.07, 6.45) is 8.79. The Bertz CT molecular complexity index is 144. The van der Waals surface area contributed by atoms with Gasteiger partial charge >= 0.3 is 0 Å². The van der Waals surface area contributed by atoms with Crippen molar-refractivity contribution in [2.75, 3.05) is 13.1 Å². The lowest BCUT2D eigenvalue weighted by Crippen LogP contribution is -2.41. The third-order valence-corrected chi connectivity index (χ3v) is 3.58. The van der Waals surface area contributed by atoms with Gasteiger partial charge in [-0.05, 0) is 44.7 Å². The third kappa shape index (κ3) is 1.82. The largest absolute Gasteiger partial charge is 0.300 e. The number of piperidine rings is 1. The molecular formula is C11H21N. The van der Waals surface area contributed by atoms with Gasteiger partial charge in [-0.25, -0.2) is 0 Å². The molecule has 1 heteroatoms. The maximum absolute atomic E-state index is 2.74. The van der Waals surface area contributed by atoms with Gasteiger partial charge in [0, 0.05) is 6.04 Å². The molecule has 2 saturated heterocycles. The summed E-state index contributed by atoms with van der Waals surface area (Å²) < 4.78 is 0. The van der Waals surface area contributed by atoms with Crippen molar-refractivity contribution in [2.24, 2.45) is 5.92 Å². The summed E-state index contributed by atoms with van der Waals surface area (Å²) in [6.45, 7) is 5.19. The van der Waals surface area contributed by atoms with Gasteiger partial charge in [-0.2, -0.15) is 0 Å². The van der Waals surface area contributed by atoms with Gasteiger partial charge in [0.05, 0.1) is 0 Å². The number of rotatable bonds is 0. The fourth-order valence-corrected chi connectivity index (χ4v) is 2.77. The van der Waals surface area contributed by atoms with Gasteiger partial charge in [-0.15, -0.1) is 0 Å². The summed E-state index contributed by atoms with van der Waals surface area (Å²) in [7, 11) is 0. The lowest BCUT2D eigenvalue weighted by molar-refractivity contribution is 0.121. The van der Waals surface area contributed by atoms with Crippen molar-refractivity contribution in [1.82, 2.24) is 4.90 Å². The number of hydrogen-bond acceptors (Lipinski definition) is 1. The second kappa shape index (κ2) is 3.78. The van der Waals surface area contributed by atoms with Gasteiger partial charge in [0.15, 0.2) is 0 Å². The molecule has 0 aromatic heterocycles. The van der Waals surface area contributed by atoms with E-state index in [0.717, 1.165) is 12.0 Å². The average Bonchev–Trinajstić information content (AvgIpc) is 2.28. The van der Waals surface area contributed by atoms with Crippen molar-refractivity contribution in [2.45, 2.75) is 51.5 Å². The summed E-state index contributed by atoms with van der Waals surface area (Å²) in [5, 5.41) is 0. The highest BCUT2D eigenvalue weighted by atomic mass is 15.2. The number of hydrogen-bond donors (Lipinski definition) is 0. The van der Waals surface area contributed by atoms with E-state index in [9.17, 15) is 0 Å². The van der Waals surface area contributed by atoms with Crippen LogP contribution in [0.15, 0.2) is 0 Å². The molecule has 0 amide bonds. The Balaban J connectivity index is 1.94. The van der Waals surface area contributed by atoms with E-state index in [1.165, 1.54) is 51.6 Å². The molecule has 0 aromatic rings. The van der Waals surface area contributed by atoms with Crippen molar-refractivity contribution in [3.63, 3.8) is 0 Å². The molecule has 0 aliphatic carbocycles. The van der Waals surface area contributed by atoms with Crippen LogP contribution in [-0.2, 0) is 0 Å². The molecule has 1 nitrogen and oxygen atoms in total. The van der Waals surface area contributed by atoms with E-state index >= 15 is 0 Å². The van der Waals surface area contributed by atoms with Gasteiger partial charge in [-0.3, -0.25) is 0 Å². The smallest absolute Gasteiger partial charge is 0.00978 e. The molecule has 0 radical (unpaired) electrons. The third-order valence-electron chi connectivity index (χ3n) is 3.58. The maximum atomic E-state index is 2.74. The molecule has 70 valence electrons. The molecule has 2 fully saturated rings. The fourth-order valence-electron chi connectivity index (χ4n) is 2.77. The summed E-state index contributed by atoms with van der Waals surface area (Å²) in [6, 6.07) is 0.955. The summed E-state index contributed by atoms with van der Waals surface area (Å²) in [4.78, 5) is 2.74. The van der Waals surface area contributed by atoms with Gasteiger partial charge in [0.2, 0.25) is 0 Å². The summed E-state index contributed by atoms with van der Waals surface area (Å²) in [5.41, 5.74) is 0. The van der Waals surface area contributed by atoms with Gasteiger partial charge < -0.3 is 4.90 Å². The Morgan fingerprint density at radius 2 is 1.92 bits per heavy atom. The fraction of sp³-hybridized carbons (Fsp3) is 1.00. The zero-order chi connectivity index (χ0) is 8.39. The highest BCUT2D eigenvalue weighted by molar-refractivity contribution is 4.81. The van der Waals surface area contributed by atoms with E-state index < -0.39 is 0 Å². The van der Waals surface area contributed by atoms with Crippen LogP contribution in [0.25, 0.3) is 0 Å². The monoisotopic (exact) mass is 167 g/mol. The molecule has 0 N–H and O–H groups in total. The van der Waals surface area contributed by atoms with Gasteiger partial charge in [0.1, 0.15) is 0 Å². The topological polar surface area (TPSA) is 3.24 Å². The zero-order valence-electron chi connectivity index (χ0n) is 8.26. The lowest BCUT2D eigenvalue weighted by atomic mass is 9.91. The van der Waals surface area contributed by atoms with E-state index in [2.05, 4.69) is 11.8 Å². The molecule has 0 saturated carbocycles. The van der Waals surface area contributed by atoms with Crippen molar-refractivity contribution < 1.29 is 0 Å². The van der Waals surface area contributed by atoms with E-state index in [-0.39, 0.29) is 0 Å². The second-order valence-corrected chi connectivity index (χ2v) is 4.67. The Morgan fingerprint density at radius 1 is 1.00 bits per heavy atom. The first-order valence-electron chi connectivity index (χ1n) is 5.60. The minimum Gasteiger partial charge on any atom is -0.300 e.